The van der Waals surface area contributed by atoms with E-state index in [1.807, 2.05) is 58.9 Å². The average molecular weight is 616 g/mol. The molecule has 0 spiro atoms. The molecule has 1 fully saturated rings. The topological polar surface area (TPSA) is 115 Å². The number of likely N-dealkylation sites (N-methyl/N-ethyl adjacent to an activating group) is 1. The Bertz CT molecular complexity index is 1270. The summed E-state index contributed by atoms with van der Waals surface area (Å²) in [5, 5.41) is 0.109. The predicted octanol–water partition coefficient (Wildman–Crippen LogP) is 4.59. The van der Waals surface area contributed by atoms with Crippen LogP contribution in [0.25, 0.3) is 0 Å². The first kappa shape index (κ1) is 34.0. The number of amidine groups is 1. The summed E-state index contributed by atoms with van der Waals surface area (Å²) in [6, 6.07) is 11.3. The number of carbonyl (C=O) groups excluding carboxylic acids is 1. The van der Waals surface area contributed by atoms with E-state index in [0.717, 1.165) is 11.1 Å². The van der Waals surface area contributed by atoms with Crippen LogP contribution in [0.3, 0.4) is 0 Å². The number of nitrogens with two attached hydrogens (primary N) is 1. The van der Waals surface area contributed by atoms with E-state index < -0.39 is 21.7 Å². The number of sulfonamides is 1. The number of benzene rings is 2. The Balaban J connectivity index is 0.00000274. The molecule has 9 nitrogen and oxygen atoms in total. The molecule has 0 aromatic heterocycles. The Morgan fingerprint density at radius 2 is 1.85 bits per heavy atom. The number of ether oxygens (including phenoxy) is 2. The maximum Gasteiger partial charge on any atom is 0.248 e. The highest BCUT2D eigenvalue weighted by atomic mass is 35.5. The van der Waals surface area contributed by atoms with Gasteiger partial charge in [0.15, 0.2) is 0 Å². The second-order valence-corrected chi connectivity index (χ2v) is 12.3. The molecule has 0 unspecified atom stereocenters. The molecule has 1 saturated heterocycles. The fourth-order valence-corrected chi connectivity index (χ4v) is 6.46. The minimum atomic E-state index is -4.01. The standard InChI is InChI=1S/C26H34Cl2N4O5S.C2H6/c1-5-30-25(29)19-11-9-18(10-12-19)13-31(4)23(33)16-36-14-20-15-37-26(2,3)17-32(20)38(34,35)22-8-6-7-21(27)24(22)28;1-2/h6-12,20H,5,13-17H2,1-4H3,(H2,29,30);1-2H3/t20-;/m1./s1. The zero-order chi connectivity index (χ0) is 30.1. The Morgan fingerprint density at radius 3 is 2.48 bits per heavy atom. The molecular weight excluding hydrogens is 575 g/mol. The summed E-state index contributed by atoms with van der Waals surface area (Å²) in [6.45, 7) is 10.5. The maximum atomic E-state index is 13.6. The first-order valence-electron chi connectivity index (χ1n) is 13.2. The molecule has 0 saturated carbocycles. The van der Waals surface area contributed by atoms with Gasteiger partial charge in [-0.1, -0.05) is 67.4 Å². The third-order valence-corrected chi connectivity index (χ3v) is 8.94. The number of morpholine rings is 1. The lowest BCUT2D eigenvalue weighted by Gasteiger charge is -2.42. The molecule has 0 radical (unpaired) electrons. The van der Waals surface area contributed by atoms with E-state index in [-0.39, 0.29) is 47.2 Å². The molecule has 0 aliphatic carbocycles. The first-order chi connectivity index (χ1) is 18.9. The molecule has 1 aliphatic rings. The van der Waals surface area contributed by atoms with E-state index in [9.17, 15) is 13.2 Å². The maximum absolute atomic E-state index is 13.6. The van der Waals surface area contributed by atoms with Crippen molar-refractivity contribution in [1.29, 1.82) is 0 Å². The lowest BCUT2D eigenvalue weighted by Crippen LogP contribution is -2.57. The summed E-state index contributed by atoms with van der Waals surface area (Å²) in [7, 11) is -2.34. The highest BCUT2D eigenvalue weighted by molar-refractivity contribution is 7.89. The number of rotatable bonds is 10. The molecule has 1 atom stereocenters. The number of nitrogens with zero attached hydrogens (tertiary/aromatic N) is 3. The lowest BCUT2D eigenvalue weighted by molar-refractivity contribution is -0.138. The van der Waals surface area contributed by atoms with Gasteiger partial charge in [-0.3, -0.25) is 9.79 Å². The summed E-state index contributed by atoms with van der Waals surface area (Å²) < 4.78 is 40.0. The number of halogens is 2. The van der Waals surface area contributed by atoms with E-state index in [0.29, 0.717) is 18.9 Å². The van der Waals surface area contributed by atoms with E-state index in [1.54, 1.807) is 11.9 Å². The van der Waals surface area contributed by atoms with Crippen molar-refractivity contribution < 1.29 is 22.7 Å². The van der Waals surface area contributed by atoms with Gasteiger partial charge in [-0.2, -0.15) is 4.31 Å². The van der Waals surface area contributed by atoms with E-state index in [2.05, 4.69) is 4.99 Å². The van der Waals surface area contributed by atoms with Crippen LogP contribution in [-0.4, -0.2) is 81.0 Å². The normalized spacial score (nSPS) is 17.6. The van der Waals surface area contributed by atoms with Crippen LogP contribution < -0.4 is 5.73 Å². The molecule has 1 amide bonds. The van der Waals surface area contributed by atoms with Gasteiger partial charge < -0.3 is 20.1 Å². The Morgan fingerprint density at radius 1 is 1.20 bits per heavy atom. The van der Waals surface area contributed by atoms with Crippen molar-refractivity contribution in [3.63, 3.8) is 0 Å². The average Bonchev–Trinajstić information content (AvgIpc) is 2.92. The van der Waals surface area contributed by atoms with Gasteiger partial charge in [-0.05, 0) is 38.5 Å². The van der Waals surface area contributed by atoms with Crippen LogP contribution in [0.15, 0.2) is 52.4 Å². The summed E-state index contributed by atoms with van der Waals surface area (Å²) >= 11 is 12.3. The highest BCUT2D eigenvalue weighted by Crippen LogP contribution is 2.34. The summed E-state index contributed by atoms with van der Waals surface area (Å²) in [5.41, 5.74) is 6.96. The van der Waals surface area contributed by atoms with Crippen LogP contribution in [0.5, 0.6) is 0 Å². The summed E-state index contributed by atoms with van der Waals surface area (Å²) in [6.07, 6.45) is 0. The van der Waals surface area contributed by atoms with Crippen LogP contribution in [0.1, 0.15) is 45.7 Å². The van der Waals surface area contributed by atoms with Crippen molar-refractivity contribution >= 4 is 45.0 Å². The van der Waals surface area contributed by atoms with Crippen molar-refractivity contribution in [3.8, 4) is 0 Å². The Kier molecular flexibility index (Phi) is 12.9. The van der Waals surface area contributed by atoms with Gasteiger partial charge in [0.1, 0.15) is 17.3 Å². The van der Waals surface area contributed by atoms with Gasteiger partial charge >= 0.3 is 0 Å². The zero-order valence-electron chi connectivity index (χ0n) is 24.0. The predicted molar refractivity (Wildman–Crippen MR) is 161 cm³/mol. The van der Waals surface area contributed by atoms with Crippen LogP contribution >= 0.6 is 23.2 Å². The van der Waals surface area contributed by atoms with E-state index in [1.165, 1.54) is 22.5 Å². The SMILES string of the molecule is CC.CCN=C(N)c1ccc(CN(C)C(=O)COC[C@@H]2COC(C)(C)CN2S(=O)(=O)c2cccc(Cl)c2Cl)cc1. The smallest absolute Gasteiger partial charge is 0.248 e. The van der Waals surface area contributed by atoms with Gasteiger partial charge in [0.25, 0.3) is 0 Å². The number of hydrogen-bond donors (Lipinski definition) is 1. The molecule has 0 bridgehead atoms. The van der Waals surface area contributed by atoms with Crippen molar-refractivity contribution in [2.24, 2.45) is 10.7 Å². The van der Waals surface area contributed by atoms with Crippen molar-refractivity contribution in [1.82, 2.24) is 9.21 Å². The molecule has 1 heterocycles. The van der Waals surface area contributed by atoms with Gasteiger partial charge in [0, 0.05) is 32.2 Å². The van der Waals surface area contributed by atoms with E-state index >= 15 is 0 Å². The van der Waals surface area contributed by atoms with Crippen LogP contribution in [-0.2, 0) is 30.8 Å². The molecule has 3 rings (SSSR count). The van der Waals surface area contributed by atoms with Crippen LogP contribution in [0, 0.1) is 0 Å². The second kappa shape index (κ2) is 15.1. The highest BCUT2D eigenvalue weighted by Gasteiger charge is 2.42. The van der Waals surface area contributed by atoms with Crippen molar-refractivity contribution in [2.45, 2.75) is 57.7 Å². The van der Waals surface area contributed by atoms with E-state index in [4.69, 9.17) is 38.4 Å². The molecule has 2 aromatic carbocycles. The number of amides is 1. The van der Waals surface area contributed by atoms with Crippen molar-refractivity contribution in [2.75, 3.05) is 40.0 Å². The minimum Gasteiger partial charge on any atom is -0.384 e. The van der Waals surface area contributed by atoms with Gasteiger partial charge in [-0.15, -0.1) is 0 Å². The van der Waals surface area contributed by atoms with Crippen LogP contribution in [0.2, 0.25) is 10.0 Å². The van der Waals surface area contributed by atoms with Crippen molar-refractivity contribution in [3.05, 3.63) is 63.6 Å². The Hall–Kier alpha value is -2.21. The molecule has 2 N–H and O–H groups in total. The summed E-state index contributed by atoms with van der Waals surface area (Å²) in [5.74, 6) is 0.228. The van der Waals surface area contributed by atoms with Gasteiger partial charge in [0.05, 0.1) is 34.9 Å². The third kappa shape index (κ3) is 8.89. The van der Waals surface area contributed by atoms with Gasteiger partial charge in [-0.25, -0.2) is 8.42 Å². The van der Waals surface area contributed by atoms with Gasteiger partial charge in [0.2, 0.25) is 15.9 Å². The molecule has 222 valence electrons. The largest absolute Gasteiger partial charge is 0.384 e. The monoisotopic (exact) mass is 614 g/mol. The Labute approximate surface area is 248 Å². The number of aliphatic imine (C=N–C) groups is 1. The molecule has 1 aliphatic heterocycles. The molecule has 40 heavy (non-hydrogen) atoms. The lowest BCUT2D eigenvalue weighted by atomic mass is 10.1. The fraction of sp³-hybridized carbons (Fsp3) is 0.500. The quantitative estimate of drug-likeness (QED) is 0.309. The number of hydrogen-bond acceptors (Lipinski definition) is 6. The minimum absolute atomic E-state index is 0.0299. The zero-order valence-corrected chi connectivity index (χ0v) is 26.3. The third-order valence-electron chi connectivity index (χ3n) is 6.07. The van der Waals surface area contributed by atoms with Crippen LogP contribution in [0.4, 0.5) is 0 Å². The first-order valence-corrected chi connectivity index (χ1v) is 15.4. The summed E-state index contributed by atoms with van der Waals surface area (Å²) in [4.78, 5) is 18.3. The molecule has 12 heteroatoms. The fourth-order valence-electron chi connectivity index (χ4n) is 3.97. The second-order valence-electron chi connectivity index (χ2n) is 9.65. The molecular formula is C28H40Cl2N4O5S. The molecule has 2 aromatic rings. The number of carbonyl (C=O) groups is 1.